The third kappa shape index (κ3) is 1.37. The molecule has 1 atom stereocenters. The van der Waals surface area contributed by atoms with Crippen LogP contribution in [0, 0.1) is 6.92 Å². The number of para-hydroxylation sites is 1. The van der Waals surface area contributed by atoms with E-state index in [1.165, 1.54) is 11.3 Å². The van der Waals surface area contributed by atoms with Gasteiger partial charge in [-0.05, 0) is 25.5 Å². The van der Waals surface area contributed by atoms with Crippen molar-refractivity contribution in [3.63, 3.8) is 0 Å². The number of hydrogen-bond acceptors (Lipinski definition) is 2. The maximum Gasteiger partial charge on any atom is 0.102 e. The molecule has 2 heteroatoms. The first kappa shape index (κ1) is 9.13. The van der Waals surface area contributed by atoms with Crippen molar-refractivity contribution in [1.29, 1.82) is 0 Å². The van der Waals surface area contributed by atoms with Crippen LogP contribution in [-0.4, -0.2) is 18.1 Å². The predicted molar refractivity (Wildman–Crippen MR) is 60.0 cm³/mol. The van der Waals surface area contributed by atoms with E-state index < -0.39 is 0 Å². The highest BCUT2D eigenvalue weighted by molar-refractivity contribution is 5.56. The fourth-order valence-corrected chi connectivity index (χ4v) is 1.76. The molecule has 1 aromatic carbocycles. The maximum absolute atomic E-state index is 2.29. The van der Waals surface area contributed by atoms with Gasteiger partial charge in [-0.1, -0.05) is 18.2 Å². The van der Waals surface area contributed by atoms with Gasteiger partial charge in [-0.15, -0.1) is 0 Å². The summed E-state index contributed by atoms with van der Waals surface area (Å²) in [6.45, 7) is 4.35. The molecule has 0 radical (unpaired) electrons. The fraction of sp³-hybridized carbons (Fsp3) is 0.333. The molecule has 1 aliphatic rings. The molecule has 0 unspecified atom stereocenters. The van der Waals surface area contributed by atoms with Crippen LogP contribution in [0.3, 0.4) is 0 Å². The second-order valence-electron chi connectivity index (χ2n) is 3.79. The monoisotopic (exact) mass is 188 g/mol. The lowest BCUT2D eigenvalue weighted by Gasteiger charge is -2.28. The third-order valence-electron chi connectivity index (χ3n) is 2.85. The number of rotatable bonds is 1. The Morgan fingerprint density at radius 1 is 1.14 bits per heavy atom. The summed E-state index contributed by atoms with van der Waals surface area (Å²) in [5.41, 5.74) is 2.61. The zero-order valence-electron chi connectivity index (χ0n) is 8.94. The summed E-state index contributed by atoms with van der Waals surface area (Å²) >= 11 is 0. The van der Waals surface area contributed by atoms with Crippen molar-refractivity contribution in [2.75, 3.05) is 11.9 Å². The molecule has 0 fully saturated rings. The van der Waals surface area contributed by atoms with Crippen molar-refractivity contribution >= 4 is 5.69 Å². The summed E-state index contributed by atoms with van der Waals surface area (Å²) in [6.07, 6.45) is 4.65. The molecule has 14 heavy (non-hydrogen) atoms. The van der Waals surface area contributed by atoms with Gasteiger partial charge in [0.05, 0.1) is 0 Å². The van der Waals surface area contributed by atoms with E-state index in [2.05, 4.69) is 67.4 Å². The van der Waals surface area contributed by atoms with E-state index in [4.69, 9.17) is 0 Å². The van der Waals surface area contributed by atoms with Gasteiger partial charge >= 0.3 is 0 Å². The minimum Gasteiger partial charge on any atom is -0.359 e. The van der Waals surface area contributed by atoms with Gasteiger partial charge in [-0.25, -0.2) is 0 Å². The van der Waals surface area contributed by atoms with Gasteiger partial charge in [0.25, 0.3) is 0 Å². The van der Waals surface area contributed by atoms with E-state index in [1.54, 1.807) is 0 Å². The lowest BCUT2D eigenvalue weighted by atomic mass is 10.2. The lowest BCUT2D eigenvalue weighted by Crippen LogP contribution is -2.33. The maximum atomic E-state index is 2.29. The molecule has 1 heterocycles. The zero-order chi connectivity index (χ0) is 10.1. The highest BCUT2D eigenvalue weighted by Crippen LogP contribution is 2.26. The molecular formula is C12H16N2. The molecule has 0 saturated carbocycles. The normalized spacial score (nSPS) is 20.6. The fourth-order valence-electron chi connectivity index (χ4n) is 1.76. The minimum atomic E-state index is 0.413. The van der Waals surface area contributed by atoms with Crippen LogP contribution in [0.4, 0.5) is 5.69 Å². The SMILES string of the molecule is Cc1ccccc1N1C=CN(C)[C@@H]1C. The van der Waals surface area contributed by atoms with Crippen LogP contribution < -0.4 is 4.90 Å². The Kier molecular flexibility index (Phi) is 2.20. The van der Waals surface area contributed by atoms with Crippen LogP contribution >= 0.6 is 0 Å². The van der Waals surface area contributed by atoms with Crippen molar-refractivity contribution < 1.29 is 0 Å². The summed E-state index contributed by atoms with van der Waals surface area (Å²) in [4.78, 5) is 4.49. The van der Waals surface area contributed by atoms with Crippen LogP contribution in [0.25, 0.3) is 0 Å². The van der Waals surface area contributed by atoms with Crippen molar-refractivity contribution in [2.45, 2.75) is 20.0 Å². The van der Waals surface area contributed by atoms with E-state index in [0.717, 1.165) is 0 Å². The van der Waals surface area contributed by atoms with Crippen LogP contribution in [0.1, 0.15) is 12.5 Å². The van der Waals surface area contributed by atoms with Gasteiger partial charge in [-0.2, -0.15) is 0 Å². The zero-order valence-corrected chi connectivity index (χ0v) is 8.94. The van der Waals surface area contributed by atoms with E-state index in [0.29, 0.717) is 6.17 Å². The molecule has 1 aromatic rings. The average molecular weight is 188 g/mol. The summed E-state index contributed by atoms with van der Waals surface area (Å²) in [5.74, 6) is 0. The van der Waals surface area contributed by atoms with Crippen molar-refractivity contribution in [3.05, 3.63) is 42.2 Å². The average Bonchev–Trinajstić information content (AvgIpc) is 2.49. The molecular weight excluding hydrogens is 172 g/mol. The van der Waals surface area contributed by atoms with Crippen molar-refractivity contribution in [1.82, 2.24) is 4.90 Å². The smallest absolute Gasteiger partial charge is 0.102 e. The van der Waals surface area contributed by atoms with Crippen molar-refractivity contribution in [2.24, 2.45) is 0 Å². The number of anilines is 1. The van der Waals surface area contributed by atoms with Crippen molar-refractivity contribution in [3.8, 4) is 0 Å². The van der Waals surface area contributed by atoms with Gasteiger partial charge < -0.3 is 9.80 Å². The Morgan fingerprint density at radius 3 is 2.43 bits per heavy atom. The Balaban J connectivity index is 2.33. The topological polar surface area (TPSA) is 6.48 Å². The van der Waals surface area contributed by atoms with E-state index in [9.17, 15) is 0 Å². The summed E-state index contributed by atoms with van der Waals surface area (Å²) in [7, 11) is 2.10. The number of benzene rings is 1. The molecule has 0 spiro atoms. The van der Waals surface area contributed by atoms with Crippen LogP contribution in [0.2, 0.25) is 0 Å². The second kappa shape index (κ2) is 3.37. The van der Waals surface area contributed by atoms with Crippen LogP contribution in [0.5, 0.6) is 0 Å². The molecule has 0 saturated heterocycles. The molecule has 74 valence electrons. The first-order valence-corrected chi connectivity index (χ1v) is 4.94. The lowest BCUT2D eigenvalue weighted by molar-refractivity contribution is 0.383. The summed E-state index contributed by atoms with van der Waals surface area (Å²) < 4.78 is 0. The highest BCUT2D eigenvalue weighted by Gasteiger charge is 2.20. The van der Waals surface area contributed by atoms with Crippen LogP contribution in [0.15, 0.2) is 36.7 Å². The predicted octanol–water partition coefficient (Wildman–Crippen LogP) is 2.56. The van der Waals surface area contributed by atoms with Gasteiger partial charge in [0.2, 0.25) is 0 Å². The third-order valence-corrected chi connectivity index (χ3v) is 2.85. The molecule has 0 N–H and O–H groups in total. The largest absolute Gasteiger partial charge is 0.359 e. The van der Waals surface area contributed by atoms with Crippen LogP contribution in [-0.2, 0) is 0 Å². The van der Waals surface area contributed by atoms with Gasteiger partial charge in [-0.3, -0.25) is 0 Å². The Hall–Kier alpha value is -1.44. The van der Waals surface area contributed by atoms with E-state index in [-0.39, 0.29) is 0 Å². The van der Waals surface area contributed by atoms with Gasteiger partial charge in [0.15, 0.2) is 0 Å². The molecule has 1 aliphatic heterocycles. The van der Waals surface area contributed by atoms with E-state index in [1.807, 2.05) is 0 Å². The molecule has 0 amide bonds. The molecule has 2 rings (SSSR count). The number of nitrogens with zero attached hydrogens (tertiary/aromatic N) is 2. The molecule has 2 nitrogen and oxygen atoms in total. The van der Waals surface area contributed by atoms with Gasteiger partial charge in [0, 0.05) is 25.1 Å². The Labute approximate surface area is 85.4 Å². The highest BCUT2D eigenvalue weighted by atomic mass is 15.4. The second-order valence-corrected chi connectivity index (χ2v) is 3.79. The molecule has 0 bridgehead atoms. The Morgan fingerprint density at radius 2 is 1.86 bits per heavy atom. The van der Waals surface area contributed by atoms with E-state index >= 15 is 0 Å². The quantitative estimate of drug-likeness (QED) is 0.668. The molecule has 0 aromatic heterocycles. The summed E-state index contributed by atoms with van der Waals surface area (Å²) in [5, 5.41) is 0. The van der Waals surface area contributed by atoms with Gasteiger partial charge in [0.1, 0.15) is 6.17 Å². The number of hydrogen-bond donors (Lipinski definition) is 0. The number of aryl methyl sites for hydroxylation is 1. The summed E-state index contributed by atoms with van der Waals surface area (Å²) in [6, 6.07) is 8.47. The first-order chi connectivity index (χ1) is 6.70. The minimum absolute atomic E-state index is 0.413. The molecule has 0 aliphatic carbocycles. The standard InChI is InChI=1S/C12H16N2/c1-10-6-4-5-7-12(10)14-9-8-13(3)11(14)2/h4-9,11H,1-3H3/t11-/m0/s1. The Bertz CT molecular complexity index is 357. The first-order valence-electron chi connectivity index (χ1n) is 4.94.